The van der Waals surface area contributed by atoms with Crippen molar-refractivity contribution in [2.45, 2.75) is 70.4 Å². The minimum atomic E-state index is -0.503. The van der Waals surface area contributed by atoms with E-state index in [0.717, 1.165) is 44.6 Å². The molecule has 1 fully saturated rings. The van der Waals surface area contributed by atoms with Gasteiger partial charge in [0.25, 0.3) is 0 Å². The van der Waals surface area contributed by atoms with Crippen molar-refractivity contribution in [1.82, 2.24) is 15.1 Å². The van der Waals surface area contributed by atoms with Gasteiger partial charge < -0.3 is 15.0 Å². The number of halogens is 1. The third kappa shape index (κ3) is 5.48. The lowest BCUT2D eigenvalue weighted by Crippen LogP contribution is -2.66. The van der Waals surface area contributed by atoms with Crippen LogP contribution in [0.1, 0.15) is 62.8 Å². The number of nitrogens with one attached hydrogen (secondary N) is 1. The molecule has 0 amide bonds. The molecule has 0 aliphatic carbocycles. The summed E-state index contributed by atoms with van der Waals surface area (Å²) in [5, 5.41) is 3.76. The molecular weight excluding hydrogens is 413 g/mol. The molecule has 2 heterocycles. The van der Waals surface area contributed by atoms with E-state index in [1.807, 2.05) is 12.1 Å². The molecule has 2 aliphatic heterocycles. The maximum Gasteiger partial charge on any atom is 0.123 e. The van der Waals surface area contributed by atoms with E-state index in [4.69, 9.17) is 4.74 Å². The summed E-state index contributed by atoms with van der Waals surface area (Å²) in [6.07, 6.45) is 1.89. The van der Waals surface area contributed by atoms with Gasteiger partial charge in [-0.2, -0.15) is 0 Å². The molecule has 1 unspecified atom stereocenters. The second kappa shape index (κ2) is 9.10. The lowest BCUT2D eigenvalue weighted by molar-refractivity contribution is -0.0140. The van der Waals surface area contributed by atoms with Gasteiger partial charge in [-0.1, -0.05) is 30.3 Å². The minimum absolute atomic E-state index is 0.0891. The van der Waals surface area contributed by atoms with Crippen molar-refractivity contribution >= 4 is 0 Å². The molecule has 0 spiro atoms. The van der Waals surface area contributed by atoms with Gasteiger partial charge in [0, 0.05) is 30.7 Å². The molecule has 4 rings (SSSR count). The van der Waals surface area contributed by atoms with Crippen molar-refractivity contribution < 1.29 is 9.13 Å². The topological polar surface area (TPSA) is 27.7 Å². The van der Waals surface area contributed by atoms with E-state index >= 15 is 0 Å². The Morgan fingerprint density at radius 1 is 1.00 bits per heavy atom. The smallest absolute Gasteiger partial charge is 0.123 e. The maximum atomic E-state index is 13.7. The zero-order chi connectivity index (χ0) is 23.9. The Morgan fingerprint density at radius 2 is 1.67 bits per heavy atom. The van der Waals surface area contributed by atoms with E-state index in [0.29, 0.717) is 6.61 Å². The minimum Gasteiger partial charge on any atom is -0.361 e. The van der Waals surface area contributed by atoms with Gasteiger partial charge in [0.05, 0.1) is 6.61 Å². The molecule has 2 aromatic carbocycles. The fourth-order valence-corrected chi connectivity index (χ4v) is 6.03. The predicted molar refractivity (Wildman–Crippen MR) is 133 cm³/mol. The van der Waals surface area contributed by atoms with E-state index < -0.39 is 5.60 Å². The highest BCUT2D eigenvalue weighted by Gasteiger charge is 2.42. The average Bonchev–Trinajstić information content (AvgIpc) is 3.05. The van der Waals surface area contributed by atoms with Gasteiger partial charge in [-0.05, 0) is 95.6 Å². The van der Waals surface area contributed by atoms with Crippen LogP contribution in [0.15, 0.2) is 42.5 Å². The van der Waals surface area contributed by atoms with Crippen molar-refractivity contribution in [2.24, 2.45) is 0 Å². The Labute approximate surface area is 199 Å². The molecule has 4 nitrogen and oxygen atoms in total. The summed E-state index contributed by atoms with van der Waals surface area (Å²) in [6.45, 7) is 13.7. The van der Waals surface area contributed by atoms with Crippen LogP contribution >= 0.6 is 0 Å². The monoisotopic (exact) mass is 453 g/mol. The Balaban J connectivity index is 1.60. The molecule has 1 atom stereocenters. The maximum absolute atomic E-state index is 13.7. The van der Waals surface area contributed by atoms with Crippen LogP contribution in [-0.2, 0) is 23.5 Å². The van der Waals surface area contributed by atoms with Crippen LogP contribution < -0.4 is 5.32 Å². The second-order valence-corrected chi connectivity index (χ2v) is 11.6. The van der Waals surface area contributed by atoms with Crippen LogP contribution in [0.25, 0.3) is 0 Å². The van der Waals surface area contributed by atoms with Gasteiger partial charge in [-0.25, -0.2) is 4.39 Å². The number of fused-ring (bicyclic) bond motifs is 1. The third-order valence-electron chi connectivity index (χ3n) is 6.84. The Bertz CT molecular complexity index is 954. The predicted octanol–water partition coefficient (Wildman–Crippen LogP) is 4.90. The normalized spacial score (nSPS) is 24.2. The van der Waals surface area contributed by atoms with Gasteiger partial charge >= 0.3 is 0 Å². The van der Waals surface area contributed by atoms with E-state index in [-0.39, 0.29) is 16.9 Å². The Hall–Kier alpha value is -1.79. The molecule has 0 radical (unpaired) electrons. The van der Waals surface area contributed by atoms with Gasteiger partial charge in [0.2, 0.25) is 0 Å². The fourth-order valence-electron chi connectivity index (χ4n) is 6.03. The van der Waals surface area contributed by atoms with Crippen molar-refractivity contribution in [2.75, 3.05) is 33.7 Å². The first kappa shape index (κ1) is 24.3. The first-order valence-electron chi connectivity index (χ1n) is 12.2. The van der Waals surface area contributed by atoms with Crippen LogP contribution in [0.2, 0.25) is 0 Å². The summed E-state index contributed by atoms with van der Waals surface area (Å²) in [6, 6.07) is 13.7. The highest BCUT2D eigenvalue weighted by Crippen LogP contribution is 2.45. The molecule has 0 saturated carbocycles. The number of rotatable bonds is 7. The summed E-state index contributed by atoms with van der Waals surface area (Å²) < 4.78 is 20.2. The van der Waals surface area contributed by atoms with Crippen LogP contribution in [0, 0.1) is 5.82 Å². The van der Waals surface area contributed by atoms with Crippen LogP contribution in [0.4, 0.5) is 4.39 Å². The number of hydrogen-bond acceptors (Lipinski definition) is 4. The van der Waals surface area contributed by atoms with Crippen molar-refractivity contribution in [3.05, 3.63) is 70.5 Å². The molecular formula is C28H40FN3O. The number of benzene rings is 2. The highest BCUT2D eigenvalue weighted by molar-refractivity contribution is 5.45. The zero-order valence-corrected chi connectivity index (χ0v) is 21.2. The summed E-state index contributed by atoms with van der Waals surface area (Å²) >= 11 is 0. The number of hydrogen-bond donors (Lipinski definition) is 1. The number of ether oxygens (including phenoxy) is 1. The van der Waals surface area contributed by atoms with Gasteiger partial charge in [0.15, 0.2) is 0 Å². The zero-order valence-electron chi connectivity index (χ0n) is 21.2. The largest absolute Gasteiger partial charge is 0.361 e. The molecule has 0 bridgehead atoms. The van der Waals surface area contributed by atoms with Gasteiger partial charge in [0.1, 0.15) is 11.4 Å². The molecule has 5 heteroatoms. The van der Waals surface area contributed by atoms with Crippen molar-refractivity contribution in [3.8, 4) is 0 Å². The first-order valence-corrected chi connectivity index (χ1v) is 12.2. The SMILES string of the molecule is CN(C)CCCC1(c2ccc(F)cc2)OCc2cc(CN3CC(C)(C)NC(C)(C)C3)ccc21. The fraction of sp³-hybridized carbons (Fsp3) is 0.571. The van der Waals surface area contributed by atoms with Crippen molar-refractivity contribution in [1.29, 1.82) is 0 Å². The lowest BCUT2D eigenvalue weighted by Gasteiger charge is -2.48. The third-order valence-corrected chi connectivity index (χ3v) is 6.84. The lowest BCUT2D eigenvalue weighted by atomic mass is 9.81. The van der Waals surface area contributed by atoms with Crippen LogP contribution in [0.5, 0.6) is 0 Å². The van der Waals surface area contributed by atoms with Gasteiger partial charge in [-0.3, -0.25) is 4.90 Å². The quantitative estimate of drug-likeness (QED) is 0.645. The molecule has 1 saturated heterocycles. The molecule has 2 aliphatic rings. The summed E-state index contributed by atoms with van der Waals surface area (Å²) in [7, 11) is 4.19. The van der Waals surface area contributed by atoms with Crippen LogP contribution in [-0.4, -0.2) is 54.6 Å². The molecule has 2 aromatic rings. The van der Waals surface area contributed by atoms with E-state index in [1.165, 1.54) is 16.7 Å². The number of piperazine rings is 1. The number of nitrogens with zero attached hydrogens (tertiary/aromatic N) is 2. The molecule has 33 heavy (non-hydrogen) atoms. The standard InChI is InChI=1S/C28H40FN3O/c1-26(2)19-32(20-27(3,4)30-26)17-21-8-13-25-22(16-21)18-33-28(25,14-7-15-31(5)6)23-9-11-24(29)12-10-23/h8-13,16,30H,7,14-15,17-20H2,1-6H3. The molecule has 0 aromatic heterocycles. The molecule has 180 valence electrons. The summed E-state index contributed by atoms with van der Waals surface area (Å²) in [4.78, 5) is 4.76. The van der Waals surface area contributed by atoms with Gasteiger partial charge in [-0.15, -0.1) is 0 Å². The van der Waals surface area contributed by atoms with Crippen molar-refractivity contribution in [3.63, 3.8) is 0 Å². The second-order valence-electron chi connectivity index (χ2n) is 11.6. The average molecular weight is 454 g/mol. The van der Waals surface area contributed by atoms with E-state index in [9.17, 15) is 4.39 Å². The van der Waals surface area contributed by atoms with E-state index in [1.54, 1.807) is 12.1 Å². The Kier molecular flexibility index (Phi) is 6.71. The van der Waals surface area contributed by atoms with Crippen LogP contribution in [0.3, 0.4) is 0 Å². The summed E-state index contributed by atoms with van der Waals surface area (Å²) in [5.41, 5.74) is 4.54. The molecule has 1 N–H and O–H groups in total. The summed E-state index contributed by atoms with van der Waals surface area (Å²) in [5.74, 6) is -0.211. The van der Waals surface area contributed by atoms with E-state index in [2.05, 4.69) is 75.1 Å². The Morgan fingerprint density at radius 3 is 2.30 bits per heavy atom. The highest BCUT2D eigenvalue weighted by atomic mass is 19.1. The first-order chi connectivity index (χ1) is 15.5.